The number of hydrogen-bond donors (Lipinski definition) is 2. The highest BCUT2D eigenvalue weighted by molar-refractivity contribution is 14.1. The Morgan fingerprint density at radius 2 is 1.11 bits per heavy atom. The number of nitrogens with one attached hydrogen (secondary N) is 1. The maximum Gasteiger partial charge on any atom is 0.338 e. The third kappa shape index (κ3) is 15.1. The van der Waals surface area contributed by atoms with Gasteiger partial charge < -0.3 is 20.5 Å². The molecule has 12 nitrogen and oxygen atoms in total. The minimum atomic E-state index is -0.192. The molecule has 0 spiro atoms. The van der Waals surface area contributed by atoms with Crippen molar-refractivity contribution in [2.45, 2.75) is 40.8 Å². The second kappa shape index (κ2) is 22.1. The van der Waals surface area contributed by atoms with E-state index < -0.39 is 0 Å². The number of ether oxygens (including phenoxy) is 2. The number of rotatable bonds is 9. The fraction of sp³-hybridized carbons (Fsp3) is 0.324. The zero-order valence-electron chi connectivity index (χ0n) is 27.6. The predicted molar refractivity (Wildman–Crippen MR) is 192 cm³/mol. The first-order valence-corrected chi connectivity index (χ1v) is 17.2. The van der Waals surface area contributed by atoms with Gasteiger partial charge in [-0.05, 0) is 52.2 Å². The molecule has 0 saturated heterocycles. The third-order valence-electron chi connectivity index (χ3n) is 5.88. The van der Waals surface area contributed by atoms with Gasteiger partial charge in [-0.15, -0.1) is 0 Å². The fourth-order valence-corrected chi connectivity index (χ4v) is 3.48. The third-order valence-corrected chi connectivity index (χ3v) is 5.88. The van der Waals surface area contributed by atoms with Crippen molar-refractivity contribution in [1.29, 1.82) is 0 Å². The van der Waals surface area contributed by atoms with Crippen LogP contribution in [0.15, 0.2) is 105 Å². The molecule has 13 heteroatoms. The lowest BCUT2D eigenvalue weighted by molar-refractivity contribution is 0.241. The number of halogens is 1. The van der Waals surface area contributed by atoms with E-state index in [2.05, 4.69) is 70.6 Å². The highest BCUT2D eigenvalue weighted by Crippen LogP contribution is 2.14. The highest BCUT2D eigenvalue weighted by Gasteiger charge is 2.05. The lowest BCUT2D eigenvalue weighted by Gasteiger charge is -2.09. The van der Waals surface area contributed by atoms with Crippen LogP contribution in [0.2, 0.25) is 0 Å². The lowest BCUT2D eigenvalue weighted by atomic mass is 10.2. The number of alkyl halides is 1. The van der Waals surface area contributed by atoms with Crippen molar-refractivity contribution in [1.82, 2.24) is 34.0 Å². The van der Waals surface area contributed by atoms with Gasteiger partial charge in [0.2, 0.25) is 0 Å². The van der Waals surface area contributed by atoms with Gasteiger partial charge in [-0.2, -0.15) is 0 Å². The van der Waals surface area contributed by atoms with E-state index >= 15 is 0 Å². The average molecular weight is 757 g/mol. The number of nitrogens with zero attached hydrogens (tertiary/aromatic N) is 6. The summed E-state index contributed by atoms with van der Waals surface area (Å²) in [4.78, 5) is 36.4. The molecule has 3 N–H and O–H groups in total. The number of carbonyl (C=O) groups is 2. The molecule has 5 rings (SSSR count). The van der Waals surface area contributed by atoms with Crippen molar-refractivity contribution >= 4 is 34.7 Å². The number of aromatic nitrogens is 6. The van der Waals surface area contributed by atoms with Gasteiger partial charge in [-0.25, -0.2) is 24.5 Å². The van der Waals surface area contributed by atoms with Crippen LogP contribution in [0.3, 0.4) is 0 Å². The quantitative estimate of drug-likeness (QED) is 0.128. The molecule has 0 saturated carbocycles. The van der Waals surface area contributed by atoms with Crippen LogP contribution in [0.4, 0.5) is 9.59 Å². The molecule has 0 aliphatic heterocycles. The first-order chi connectivity index (χ1) is 22.7. The van der Waals surface area contributed by atoms with Crippen LogP contribution in [-0.2, 0) is 13.1 Å². The van der Waals surface area contributed by atoms with Crippen molar-refractivity contribution in [3.8, 4) is 11.5 Å². The van der Waals surface area contributed by atoms with E-state index in [1.807, 2.05) is 53.5 Å². The van der Waals surface area contributed by atoms with E-state index in [0.717, 1.165) is 29.2 Å². The number of imidazole rings is 3. The Morgan fingerprint density at radius 1 is 0.702 bits per heavy atom. The molecule has 0 fully saturated rings. The molecule has 47 heavy (non-hydrogen) atoms. The molecule has 2 aromatic carbocycles. The summed E-state index contributed by atoms with van der Waals surface area (Å²) in [5.74, 6) is 2.84. The monoisotopic (exact) mass is 756 g/mol. The Balaban J connectivity index is 0.000000249. The molecule has 5 aromatic rings. The molecule has 0 atom stereocenters. The zero-order chi connectivity index (χ0) is 34.4. The Hall–Kier alpha value is -4.50. The average Bonchev–Trinajstić information content (AvgIpc) is 3.92. The molecule has 1 amide bonds. The molecular formula is C34H45IN8O4. The van der Waals surface area contributed by atoms with Crippen LogP contribution >= 0.6 is 22.6 Å². The van der Waals surface area contributed by atoms with E-state index in [0.29, 0.717) is 31.5 Å². The fourth-order valence-electron chi connectivity index (χ4n) is 3.48. The van der Waals surface area contributed by atoms with Gasteiger partial charge in [0, 0.05) is 50.3 Å². The molecule has 0 unspecified atom stereocenters. The minimum Gasteiger partial charge on any atom is -0.493 e. The van der Waals surface area contributed by atoms with Gasteiger partial charge in [-0.1, -0.05) is 74.6 Å². The minimum absolute atomic E-state index is 0.190. The van der Waals surface area contributed by atoms with Gasteiger partial charge >= 0.3 is 12.1 Å². The summed E-state index contributed by atoms with van der Waals surface area (Å²) in [7, 11) is 0. The van der Waals surface area contributed by atoms with Crippen LogP contribution in [-0.4, -0.2) is 58.9 Å². The van der Waals surface area contributed by atoms with E-state index in [4.69, 9.17) is 15.2 Å². The highest BCUT2D eigenvalue weighted by atomic mass is 127. The second-order valence-electron chi connectivity index (χ2n) is 10.8. The topological polar surface area (TPSA) is 144 Å². The Morgan fingerprint density at radius 3 is 1.47 bits per heavy atom. The van der Waals surface area contributed by atoms with Crippen LogP contribution in [0, 0.1) is 11.8 Å². The van der Waals surface area contributed by atoms with E-state index in [9.17, 15) is 9.59 Å². The summed E-state index contributed by atoms with van der Waals surface area (Å²) in [6, 6.07) is 15.3. The van der Waals surface area contributed by atoms with Crippen LogP contribution in [0.5, 0.6) is 11.5 Å². The molecule has 0 aliphatic carbocycles. The molecular weight excluding hydrogens is 711 g/mol. The summed E-state index contributed by atoms with van der Waals surface area (Å²) in [5.41, 5.74) is 7.64. The molecule has 3 heterocycles. The molecule has 0 aliphatic rings. The molecule has 3 aromatic heterocycles. The van der Waals surface area contributed by atoms with Crippen LogP contribution in [0.1, 0.15) is 38.8 Å². The van der Waals surface area contributed by atoms with Crippen molar-refractivity contribution in [3.63, 3.8) is 0 Å². The van der Waals surface area contributed by atoms with Gasteiger partial charge in [0.25, 0.3) is 0 Å². The van der Waals surface area contributed by atoms with Gasteiger partial charge in [0.1, 0.15) is 30.5 Å². The summed E-state index contributed by atoms with van der Waals surface area (Å²) in [5, 5.41) is 2.81. The van der Waals surface area contributed by atoms with E-state index in [-0.39, 0.29) is 12.1 Å². The summed E-state index contributed by atoms with van der Waals surface area (Å²) in [6.45, 7) is 11.0. The Kier molecular flexibility index (Phi) is 18.2. The summed E-state index contributed by atoms with van der Waals surface area (Å²) in [6.07, 6.45) is 13.8. The van der Waals surface area contributed by atoms with Crippen LogP contribution < -0.4 is 20.5 Å². The number of amides is 1. The predicted octanol–water partition coefficient (Wildman–Crippen LogP) is 6.50. The first-order valence-electron chi connectivity index (χ1n) is 15.0. The lowest BCUT2D eigenvalue weighted by Crippen LogP contribution is -2.26. The van der Waals surface area contributed by atoms with Gasteiger partial charge in [0.05, 0.1) is 13.2 Å². The van der Waals surface area contributed by atoms with E-state index in [1.165, 1.54) is 32.7 Å². The van der Waals surface area contributed by atoms with E-state index in [1.54, 1.807) is 37.2 Å². The van der Waals surface area contributed by atoms with Gasteiger partial charge in [-0.3, -0.25) is 13.7 Å². The van der Waals surface area contributed by atoms with Crippen LogP contribution in [0.25, 0.3) is 0 Å². The van der Waals surface area contributed by atoms with Crippen molar-refractivity contribution in [3.05, 3.63) is 116 Å². The molecule has 252 valence electrons. The zero-order valence-corrected chi connectivity index (χ0v) is 29.7. The normalized spacial score (nSPS) is 10.1. The maximum absolute atomic E-state index is 11.7. The second-order valence-corrected chi connectivity index (χ2v) is 10.8. The number of carbonyl (C=O) groups excluding carboxylic acids is 2. The van der Waals surface area contributed by atoms with Crippen molar-refractivity contribution < 1.29 is 19.1 Å². The van der Waals surface area contributed by atoms with Gasteiger partial charge in [0.15, 0.2) is 0 Å². The SMILES string of the molecule is CC(C)COc1ccc(CN)cc1.CC(C)COc1ccc(CNC(=O)n2ccnc2)cc1.CI.O=C(n1ccnc1)n1ccnc1. The Bertz CT molecular complexity index is 1470. The Labute approximate surface area is 290 Å². The van der Waals surface area contributed by atoms with Crippen molar-refractivity contribution in [2.75, 3.05) is 18.1 Å². The number of benzene rings is 2. The summed E-state index contributed by atoms with van der Waals surface area (Å²) >= 11 is 2.15. The first kappa shape index (κ1) is 38.7. The molecule has 0 bridgehead atoms. The smallest absolute Gasteiger partial charge is 0.338 e. The standard InChI is InChI=1S/C15H19N3O2.C11H17NO.C7H6N4O.CH3I/c1-12(2)10-20-14-5-3-13(4-6-14)9-17-15(19)18-8-7-16-11-18;1-9(2)8-13-11-5-3-10(7-12)4-6-11;12-7(10-3-1-8-5-10)11-4-2-9-6-11;1-2/h3-8,11-12H,9-10H2,1-2H3,(H,17,19);3-6,9H,7-8,12H2,1-2H3;1-6H;1H3. The number of hydrogen-bond acceptors (Lipinski definition) is 8. The summed E-state index contributed by atoms with van der Waals surface area (Å²) < 4.78 is 15.3. The number of nitrogens with two attached hydrogens (primary N) is 1. The maximum atomic E-state index is 11.7. The largest absolute Gasteiger partial charge is 0.493 e. The van der Waals surface area contributed by atoms with Crippen molar-refractivity contribution in [2.24, 2.45) is 17.6 Å². The molecule has 0 radical (unpaired) electrons.